The van der Waals surface area contributed by atoms with Crippen molar-refractivity contribution < 1.29 is 4.79 Å². The third-order valence-electron chi connectivity index (χ3n) is 1.75. The summed E-state index contributed by atoms with van der Waals surface area (Å²) >= 11 is 1.16. The fourth-order valence-corrected chi connectivity index (χ4v) is 1.25. The summed E-state index contributed by atoms with van der Waals surface area (Å²) in [6.45, 7) is 1.49. The minimum Gasteiger partial charge on any atom is -0.347 e. The molecule has 0 bridgehead atoms. The van der Waals surface area contributed by atoms with Crippen LogP contribution in [0.3, 0.4) is 0 Å². The van der Waals surface area contributed by atoms with Crippen molar-refractivity contribution in [2.75, 3.05) is 5.88 Å². The second-order valence-electron chi connectivity index (χ2n) is 3.09. The summed E-state index contributed by atoms with van der Waals surface area (Å²) in [5.74, 6) is 3.30. The minimum atomic E-state index is -0.0537. The second-order valence-corrected chi connectivity index (χ2v) is 3.71. The van der Waals surface area contributed by atoms with Crippen LogP contribution >= 0.6 is 11.9 Å². The van der Waals surface area contributed by atoms with Crippen molar-refractivity contribution in [1.29, 1.82) is 0 Å². The molecule has 1 aliphatic carbocycles. The Hall–Kier alpha value is -1.49. The number of carbonyl (C=O) groups is 1. The number of rotatable bonds is 4. The first-order chi connectivity index (χ1) is 7.72. The van der Waals surface area contributed by atoms with Crippen LogP contribution in [0.25, 0.3) is 0 Å². The highest BCUT2D eigenvalue weighted by molar-refractivity contribution is 7.97. The van der Waals surface area contributed by atoms with Gasteiger partial charge in [-0.1, -0.05) is 24.1 Å². The van der Waals surface area contributed by atoms with E-state index in [4.69, 9.17) is 5.14 Å². The number of hydrazone groups is 1. The van der Waals surface area contributed by atoms with Gasteiger partial charge in [0.25, 0.3) is 0 Å². The lowest BCUT2D eigenvalue weighted by Crippen LogP contribution is -2.30. The molecule has 0 atom stereocenters. The summed E-state index contributed by atoms with van der Waals surface area (Å²) in [7, 11) is 0. The highest BCUT2D eigenvalue weighted by Gasteiger charge is 2.04. The van der Waals surface area contributed by atoms with Crippen molar-refractivity contribution in [2.45, 2.75) is 13.0 Å². The molecule has 5 nitrogen and oxygen atoms in total. The largest absolute Gasteiger partial charge is 0.347 e. The SMILES string of the molecule is CC(=O)NC1C=CC(=C=NNCSN)C=C1. The third kappa shape index (κ3) is 4.84. The summed E-state index contributed by atoms with van der Waals surface area (Å²) in [4.78, 5) is 10.8. The molecule has 86 valence electrons. The van der Waals surface area contributed by atoms with Crippen molar-refractivity contribution in [1.82, 2.24) is 10.7 Å². The average Bonchev–Trinajstić information content (AvgIpc) is 2.26. The fourth-order valence-electron chi connectivity index (χ4n) is 1.11. The van der Waals surface area contributed by atoms with Crippen LogP contribution in [0.2, 0.25) is 0 Å². The van der Waals surface area contributed by atoms with Gasteiger partial charge in [-0.2, -0.15) is 0 Å². The van der Waals surface area contributed by atoms with Crippen LogP contribution in [0.1, 0.15) is 6.92 Å². The van der Waals surface area contributed by atoms with Crippen molar-refractivity contribution >= 4 is 23.7 Å². The number of carbonyl (C=O) groups excluding carboxylic acids is 1. The first-order valence-electron chi connectivity index (χ1n) is 4.73. The maximum atomic E-state index is 10.8. The second kappa shape index (κ2) is 6.90. The smallest absolute Gasteiger partial charge is 0.217 e. The number of nitrogens with two attached hydrogens (primary N) is 1. The lowest BCUT2D eigenvalue weighted by molar-refractivity contribution is -0.119. The summed E-state index contributed by atoms with van der Waals surface area (Å²) < 4.78 is 0. The van der Waals surface area contributed by atoms with Crippen LogP contribution < -0.4 is 15.9 Å². The first-order valence-corrected chi connectivity index (χ1v) is 5.78. The van der Waals surface area contributed by atoms with E-state index < -0.39 is 0 Å². The Morgan fingerprint density at radius 3 is 2.88 bits per heavy atom. The van der Waals surface area contributed by atoms with E-state index in [1.165, 1.54) is 6.92 Å². The zero-order valence-electron chi connectivity index (χ0n) is 8.93. The molecule has 16 heavy (non-hydrogen) atoms. The molecule has 6 heteroatoms. The molecule has 0 aliphatic heterocycles. The maximum Gasteiger partial charge on any atom is 0.217 e. The van der Waals surface area contributed by atoms with E-state index in [0.29, 0.717) is 5.88 Å². The van der Waals surface area contributed by atoms with Crippen LogP contribution in [-0.4, -0.2) is 23.7 Å². The minimum absolute atomic E-state index is 0.0457. The molecular formula is C10H14N4OS. The molecule has 0 heterocycles. The van der Waals surface area contributed by atoms with Crippen LogP contribution in [0.5, 0.6) is 0 Å². The van der Waals surface area contributed by atoms with Gasteiger partial charge in [0, 0.05) is 18.4 Å². The van der Waals surface area contributed by atoms with E-state index in [0.717, 1.165) is 17.5 Å². The molecule has 0 saturated carbocycles. The van der Waals surface area contributed by atoms with Gasteiger partial charge >= 0.3 is 0 Å². The third-order valence-corrected chi connectivity index (χ3v) is 2.04. The molecule has 0 aromatic heterocycles. The van der Waals surface area contributed by atoms with Gasteiger partial charge in [0.05, 0.1) is 11.9 Å². The van der Waals surface area contributed by atoms with Crippen LogP contribution in [0, 0.1) is 0 Å². The molecule has 0 spiro atoms. The van der Waals surface area contributed by atoms with E-state index >= 15 is 0 Å². The Labute approximate surface area is 98.7 Å². The topological polar surface area (TPSA) is 79.5 Å². The summed E-state index contributed by atoms with van der Waals surface area (Å²) in [6, 6.07) is -0.0457. The van der Waals surface area contributed by atoms with Crippen LogP contribution in [0.15, 0.2) is 35.0 Å². The number of nitrogens with one attached hydrogen (secondary N) is 2. The first kappa shape index (κ1) is 12.6. The molecule has 0 aromatic rings. The molecule has 0 radical (unpaired) electrons. The number of hydrogen-bond donors (Lipinski definition) is 3. The fraction of sp³-hybridized carbons (Fsp3) is 0.300. The zero-order chi connectivity index (χ0) is 11.8. The normalized spacial score (nSPS) is 17.9. The van der Waals surface area contributed by atoms with E-state index in [9.17, 15) is 4.79 Å². The highest BCUT2D eigenvalue weighted by atomic mass is 32.2. The van der Waals surface area contributed by atoms with Gasteiger partial charge in [-0.3, -0.25) is 15.4 Å². The van der Waals surface area contributed by atoms with E-state index in [2.05, 4.69) is 21.7 Å². The molecule has 1 rings (SSSR count). The van der Waals surface area contributed by atoms with Gasteiger partial charge in [0.2, 0.25) is 5.91 Å². The van der Waals surface area contributed by atoms with Gasteiger partial charge < -0.3 is 5.32 Å². The van der Waals surface area contributed by atoms with Crippen molar-refractivity contribution in [3.05, 3.63) is 29.9 Å². The lowest BCUT2D eigenvalue weighted by Gasteiger charge is -2.11. The van der Waals surface area contributed by atoms with Crippen molar-refractivity contribution in [2.24, 2.45) is 10.2 Å². The average molecular weight is 238 g/mol. The van der Waals surface area contributed by atoms with E-state index in [1.54, 1.807) is 0 Å². The summed E-state index contributed by atoms with van der Waals surface area (Å²) in [5, 5.41) is 11.8. The number of allylic oxidation sites excluding steroid dienone is 3. The Balaban J connectivity index is 2.49. The Morgan fingerprint density at radius 2 is 2.31 bits per heavy atom. The number of amides is 1. The van der Waals surface area contributed by atoms with Crippen molar-refractivity contribution in [3.8, 4) is 0 Å². The van der Waals surface area contributed by atoms with Gasteiger partial charge in [-0.05, 0) is 12.2 Å². The zero-order valence-corrected chi connectivity index (χ0v) is 9.75. The van der Waals surface area contributed by atoms with Gasteiger partial charge in [-0.15, -0.1) is 5.10 Å². The Bertz CT molecular complexity index is 353. The Morgan fingerprint density at radius 1 is 1.62 bits per heavy atom. The summed E-state index contributed by atoms with van der Waals surface area (Å²) in [6.07, 6.45) is 7.44. The standard InChI is InChI=1S/C10H14N4OS/c1-8(15)14-10-4-2-9(3-5-10)6-12-13-7-16-11/h2-5,10,13H,7,11H2,1H3,(H,14,15). The molecule has 0 fully saturated rings. The molecule has 0 unspecified atom stereocenters. The quantitative estimate of drug-likeness (QED) is 0.216. The summed E-state index contributed by atoms with van der Waals surface area (Å²) in [5.41, 5.74) is 3.56. The molecular weight excluding hydrogens is 224 g/mol. The van der Waals surface area contributed by atoms with Crippen LogP contribution in [0.4, 0.5) is 0 Å². The predicted molar refractivity (Wildman–Crippen MR) is 66.6 cm³/mol. The van der Waals surface area contributed by atoms with Crippen LogP contribution in [-0.2, 0) is 4.79 Å². The monoisotopic (exact) mass is 238 g/mol. The predicted octanol–water partition coefficient (Wildman–Crippen LogP) is 0.282. The van der Waals surface area contributed by atoms with Gasteiger partial charge in [0.15, 0.2) is 0 Å². The van der Waals surface area contributed by atoms with E-state index in [1.807, 2.05) is 24.3 Å². The molecule has 0 aromatic carbocycles. The molecule has 1 aliphatic rings. The maximum absolute atomic E-state index is 10.8. The van der Waals surface area contributed by atoms with Gasteiger partial charge in [0.1, 0.15) is 0 Å². The lowest BCUT2D eigenvalue weighted by atomic mass is 10.1. The Kier molecular flexibility index (Phi) is 5.42. The number of hydrogen-bond acceptors (Lipinski definition) is 5. The van der Waals surface area contributed by atoms with Crippen molar-refractivity contribution in [3.63, 3.8) is 0 Å². The van der Waals surface area contributed by atoms with E-state index in [-0.39, 0.29) is 11.9 Å². The molecule has 4 N–H and O–H groups in total. The van der Waals surface area contributed by atoms with Gasteiger partial charge in [-0.25, -0.2) is 0 Å². The molecule has 0 saturated heterocycles. The molecule has 1 amide bonds. The number of nitrogens with zero attached hydrogens (tertiary/aromatic N) is 1. The highest BCUT2D eigenvalue weighted by Crippen LogP contribution is 2.05.